The Balaban J connectivity index is 1.41. The molecule has 1 aromatic rings. The van der Waals surface area contributed by atoms with E-state index in [-0.39, 0.29) is 17.0 Å². The third kappa shape index (κ3) is 3.15. The molecule has 1 aromatic carbocycles. The predicted molar refractivity (Wildman–Crippen MR) is 106 cm³/mol. The van der Waals surface area contributed by atoms with E-state index in [0.29, 0.717) is 25.4 Å². The van der Waals surface area contributed by atoms with Gasteiger partial charge in [0.1, 0.15) is 5.78 Å². The van der Waals surface area contributed by atoms with E-state index >= 15 is 0 Å². The average Bonchev–Trinajstić information content (AvgIpc) is 2.97. The number of hydrogen-bond acceptors (Lipinski definition) is 4. The van der Waals surface area contributed by atoms with Gasteiger partial charge in [0.05, 0.1) is 5.75 Å². The van der Waals surface area contributed by atoms with Gasteiger partial charge in [-0.15, -0.1) is 0 Å². The highest BCUT2D eigenvalue weighted by Crippen LogP contribution is 2.64. The van der Waals surface area contributed by atoms with Crippen LogP contribution in [0.3, 0.4) is 0 Å². The van der Waals surface area contributed by atoms with Crippen molar-refractivity contribution in [1.82, 2.24) is 9.21 Å². The Morgan fingerprint density at radius 3 is 2.30 bits per heavy atom. The summed E-state index contributed by atoms with van der Waals surface area (Å²) in [5.74, 6) is 0.527. The normalized spacial score (nSPS) is 31.5. The summed E-state index contributed by atoms with van der Waals surface area (Å²) in [7, 11) is -3.43. The van der Waals surface area contributed by atoms with Gasteiger partial charge >= 0.3 is 0 Å². The van der Waals surface area contributed by atoms with Crippen molar-refractivity contribution in [3.63, 3.8) is 0 Å². The maximum atomic E-state index is 13.2. The summed E-state index contributed by atoms with van der Waals surface area (Å²) in [6.45, 7) is 7.56. The van der Waals surface area contributed by atoms with Crippen LogP contribution in [0.1, 0.15) is 38.7 Å². The fraction of sp³-hybridized carbons (Fsp3) is 0.667. The number of ketones is 1. The maximum absolute atomic E-state index is 13.2. The Bertz CT molecular complexity index is 813. The van der Waals surface area contributed by atoms with Crippen LogP contribution in [0.25, 0.3) is 0 Å². The lowest BCUT2D eigenvalue weighted by atomic mass is 9.70. The van der Waals surface area contributed by atoms with Crippen LogP contribution >= 0.6 is 0 Å². The molecule has 1 heterocycles. The number of Topliss-reactive ketones (excluding diaryl/α,β-unsaturated/α-hetero) is 1. The lowest BCUT2D eigenvalue weighted by Gasteiger charge is -2.39. The second-order valence-electron chi connectivity index (χ2n) is 9.08. The number of sulfonamides is 1. The molecule has 4 rings (SSSR count). The molecule has 0 N–H and O–H groups in total. The van der Waals surface area contributed by atoms with Crippen molar-refractivity contribution < 1.29 is 13.2 Å². The zero-order chi connectivity index (χ0) is 19.3. The number of piperazine rings is 1. The van der Waals surface area contributed by atoms with Gasteiger partial charge in [-0.1, -0.05) is 44.2 Å². The summed E-state index contributed by atoms with van der Waals surface area (Å²) < 4.78 is 28.0. The minimum atomic E-state index is -3.43. The van der Waals surface area contributed by atoms with E-state index in [9.17, 15) is 13.2 Å². The first-order valence-electron chi connectivity index (χ1n) is 10.0. The van der Waals surface area contributed by atoms with Crippen LogP contribution in [0, 0.1) is 16.7 Å². The minimum absolute atomic E-state index is 0.00101. The molecule has 27 heavy (non-hydrogen) atoms. The van der Waals surface area contributed by atoms with E-state index in [0.717, 1.165) is 32.5 Å². The van der Waals surface area contributed by atoms with Crippen LogP contribution in [0.5, 0.6) is 0 Å². The molecule has 3 fully saturated rings. The zero-order valence-corrected chi connectivity index (χ0v) is 17.2. The molecule has 0 spiro atoms. The topological polar surface area (TPSA) is 57.7 Å². The van der Waals surface area contributed by atoms with Gasteiger partial charge in [-0.3, -0.25) is 9.69 Å². The molecule has 2 bridgehead atoms. The van der Waals surface area contributed by atoms with Crippen LogP contribution < -0.4 is 0 Å². The quantitative estimate of drug-likeness (QED) is 0.775. The molecule has 1 saturated heterocycles. The van der Waals surface area contributed by atoms with E-state index in [4.69, 9.17) is 0 Å². The summed E-state index contributed by atoms with van der Waals surface area (Å²) in [6.07, 6.45) is 2.28. The van der Waals surface area contributed by atoms with Gasteiger partial charge in [-0.2, -0.15) is 4.31 Å². The Morgan fingerprint density at radius 2 is 1.74 bits per heavy atom. The lowest BCUT2D eigenvalue weighted by molar-refractivity contribution is -0.128. The Hall–Kier alpha value is -1.24. The molecule has 1 aliphatic heterocycles. The molecule has 3 aliphatic rings. The van der Waals surface area contributed by atoms with Crippen molar-refractivity contribution in [3.05, 3.63) is 35.9 Å². The first-order valence-corrected chi connectivity index (χ1v) is 11.6. The summed E-state index contributed by atoms with van der Waals surface area (Å²) in [5, 5.41) is 0. The van der Waals surface area contributed by atoms with E-state index in [1.165, 1.54) is 5.56 Å². The van der Waals surface area contributed by atoms with Gasteiger partial charge in [0.2, 0.25) is 10.0 Å². The van der Waals surface area contributed by atoms with E-state index < -0.39 is 15.4 Å². The molecular weight excluding hydrogens is 360 g/mol. The van der Waals surface area contributed by atoms with Crippen molar-refractivity contribution in [3.8, 4) is 0 Å². The molecule has 6 heteroatoms. The molecule has 0 unspecified atom stereocenters. The number of carbonyl (C=O) groups is 1. The van der Waals surface area contributed by atoms with E-state index in [1.807, 2.05) is 18.2 Å². The van der Waals surface area contributed by atoms with Gasteiger partial charge in [-0.05, 0) is 29.7 Å². The average molecular weight is 391 g/mol. The van der Waals surface area contributed by atoms with Gasteiger partial charge in [0.25, 0.3) is 0 Å². The summed E-state index contributed by atoms with van der Waals surface area (Å²) in [4.78, 5) is 15.0. The Kier molecular flexibility index (Phi) is 4.72. The molecule has 2 aliphatic carbocycles. The van der Waals surface area contributed by atoms with Crippen molar-refractivity contribution in [2.45, 2.75) is 39.7 Å². The largest absolute Gasteiger partial charge is 0.299 e. The van der Waals surface area contributed by atoms with Crippen LogP contribution in [0.15, 0.2) is 30.3 Å². The highest BCUT2D eigenvalue weighted by Gasteiger charge is 2.65. The highest BCUT2D eigenvalue weighted by molar-refractivity contribution is 7.89. The van der Waals surface area contributed by atoms with Crippen molar-refractivity contribution in [2.24, 2.45) is 16.7 Å². The molecule has 5 nitrogen and oxygen atoms in total. The van der Waals surface area contributed by atoms with Gasteiger partial charge in [0.15, 0.2) is 0 Å². The summed E-state index contributed by atoms with van der Waals surface area (Å²) in [6, 6.07) is 10.3. The SMILES string of the molecule is CC1(C)[C@H]2CC[C@@]1(CS(=O)(=O)N1CCN(Cc3ccccc3)CC1)C(=O)C2. The third-order valence-electron chi connectivity index (χ3n) is 7.54. The number of nitrogens with zero attached hydrogens (tertiary/aromatic N) is 2. The Morgan fingerprint density at radius 1 is 1.07 bits per heavy atom. The molecule has 2 atom stereocenters. The molecule has 0 amide bonds. The van der Waals surface area contributed by atoms with Gasteiger partial charge < -0.3 is 0 Å². The molecule has 0 aromatic heterocycles. The van der Waals surface area contributed by atoms with E-state index in [2.05, 4.69) is 30.9 Å². The fourth-order valence-electron chi connectivity index (χ4n) is 5.52. The number of hydrogen-bond donors (Lipinski definition) is 0. The second-order valence-corrected chi connectivity index (χ2v) is 11.1. The second kappa shape index (κ2) is 6.68. The fourth-order valence-corrected chi connectivity index (χ4v) is 7.72. The highest BCUT2D eigenvalue weighted by atomic mass is 32.2. The molecule has 148 valence electrons. The summed E-state index contributed by atoms with van der Waals surface area (Å²) in [5.41, 5.74) is 0.382. The predicted octanol–water partition coefficient (Wildman–Crippen LogP) is 2.53. The van der Waals surface area contributed by atoms with Crippen molar-refractivity contribution >= 4 is 15.8 Å². The van der Waals surface area contributed by atoms with Gasteiger partial charge in [0, 0.05) is 44.6 Å². The first kappa shape index (κ1) is 19.1. The number of rotatable bonds is 5. The third-order valence-corrected chi connectivity index (χ3v) is 9.55. The standard InChI is InChI=1S/C21H30N2O3S/c1-20(2)18-8-9-21(20,19(24)14-18)16-27(25,26)23-12-10-22(11-13-23)15-17-6-4-3-5-7-17/h3-7,18H,8-16H2,1-2H3/t18-,21+/m0/s1. The molecular formula is C21H30N2O3S. The minimum Gasteiger partial charge on any atom is -0.299 e. The zero-order valence-electron chi connectivity index (χ0n) is 16.4. The first-order chi connectivity index (χ1) is 12.7. The van der Waals surface area contributed by atoms with Crippen LogP contribution in [0.2, 0.25) is 0 Å². The monoisotopic (exact) mass is 390 g/mol. The smallest absolute Gasteiger partial charge is 0.215 e. The number of fused-ring (bicyclic) bond motifs is 2. The van der Waals surface area contributed by atoms with Gasteiger partial charge in [-0.25, -0.2) is 8.42 Å². The van der Waals surface area contributed by atoms with Crippen molar-refractivity contribution in [2.75, 3.05) is 31.9 Å². The number of benzene rings is 1. The Labute approximate surface area is 162 Å². The number of carbonyl (C=O) groups excluding carboxylic acids is 1. The maximum Gasteiger partial charge on any atom is 0.215 e. The van der Waals surface area contributed by atoms with Crippen LogP contribution in [-0.2, 0) is 21.4 Å². The lowest BCUT2D eigenvalue weighted by Crippen LogP contribution is -2.52. The van der Waals surface area contributed by atoms with Crippen molar-refractivity contribution in [1.29, 1.82) is 0 Å². The molecule has 2 saturated carbocycles. The van der Waals surface area contributed by atoms with Crippen LogP contribution in [0.4, 0.5) is 0 Å². The summed E-state index contributed by atoms with van der Waals surface area (Å²) >= 11 is 0. The molecule has 0 radical (unpaired) electrons. The van der Waals surface area contributed by atoms with E-state index in [1.54, 1.807) is 4.31 Å². The van der Waals surface area contributed by atoms with Crippen LogP contribution in [-0.4, -0.2) is 55.3 Å².